The van der Waals surface area contributed by atoms with Crippen molar-refractivity contribution in [3.63, 3.8) is 0 Å². The highest BCUT2D eigenvalue weighted by Gasteiger charge is 2.18. The van der Waals surface area contributed by atoms with Crippen molar-refractivity contribution in [2.45, 2.75) is 6.92 Å². The summed E-state index contributed by atoms with van der Waals surface area (Å²) in [6, 6.07) is 12.5. The molecule has 0 unspecified atom stereocenters. The Bertz CT molecular complexity index is 1080. The second-order valence-corrected chi connectivity index (χ2v) is 7.52. The molecule has 160 valence electrons. The molecule has 0 atom stereocenters. The number of piperazine rings is 1. The largest absolute Gasteiger partial charge is 0.495 e. The molecule has 0 radical (unpaired) electrons. The normalized spacial score (nSPS) is 14.3. The average molecular weight is 420 g/mol. The zero-order valence-electron chi connectivity index (χ0n) is 17.8. The average Bonchev–Trinajstić information content (AvgIpc) is 3.24. The Kier molecular flexibility index (Phi) is 6.02. The SMILES string of the molecule is COc1cc(/C=C/C(=N)N2CCN(c3ccc(F)cc3)CC2)ccc1-n1cnc(C)c1. The molecule has 1 aliphatic heterocycles. The zero-order chi connectivity index (χ0) is 21.8. The number of imidazole rings is 1. The fraction of sp³-hybridized carbons (Fsp3) is 0.250. The highest BCUT2D eigenvalue weighted by atomic mass is 19.1. The van der Waals surface area contributed by atoms with Gasteiger partial charge in [0.25, 0.3) is 0 Å². The van der Waals surface area contributed by atoms with Crippen molar-refractivity contribution >= 4 is 17.6 Å². The molecule has 0 amide bonds. The van der Waals surface area contributed by atoms with Crippen molar-refractivity contribution in [2.75, 3.05) is 38.2 Å². The van der Waals surface area contributed by atoms with E-state index in [0.717, 1.165) is 54.6 Å². The van der Waals surface area contributed by atoms with Crippen LogP contribution in [0.4, 0.5) is 10.1 Å². The molecule has 0 saturated carbocycles. The number of rotatable bonds is 5. The monoisotopic (exact) mass is 419 g/mol. The van der Waals surface area contributed by atoms with Crippen molar-refractivity contribution in [2.24, 2.45) is 0 Å². The van der Waals surface area contributed by atoms with Crippen molar-refractivity contribution in [1.29, 1.82) is 5.41 Å². The number of aryl methyl sites for hydroxylation is 1. The molecule has 4 rings (SSSR count). The first-order valence-corrected chi connectivity index (χ1v) is 10.2. The second kappa shape index (κ2) is 9.04. The van der Waals surface area contributed by atoms with E-state index in [1.54, 1.807) is 25.6 Å². The summed E-state index contributed by atoms with van der Waals surface area (Å²) in [5.41, 5.74) is 3.85. The van der Waals surface area contributed by atoms with Gasteiger partial charge in [-0.2, -0.15) is 0 Å². The van der Waals surface area contributed by atoms with Gasteiger partial charge >= 0.3 is 0 Å². The number of anilines is 1. The molecule has 3 aromatic rings. The molecule has 0 spiro atoms. The third-order valence-corrected chi connectivity index (χ3v) is 5.44. The van der Waals surface area contributed by atoms with Gasteiger partial charge in [0.1, 0.15) is 17.4 Å². The molecule has 7 heteroatoms. The molecule has 6 nitrogen and oxygen atoms in total. The topological polar surface area (TPSA) is 57.4 Å². The van der Waals surface area contributed by atoms with Crippen molar-refractivity contribution in [3.05, 3.63) is 78.1 Å². The number of hydrogen-bond donors (Lipinski definition) is 1. The molecular formula is C24H26FN5O. The van der Waals surface area contributed by atoms with E-state index in [9.17, 15) is 4.39 Å². The van der Waals surface area contributed by atoms with Crippen LogP contribution < -0.4 is 9.64 Å². The first-order chi connectivity index (χ1) is 15.0. The number of benzene rings is 2. The van der Waals surface area contributed by atoms with Crippen LogP contribution in [0.25, 0.3) is 11.8 Å². The van der Waals surface area contributed by atoms with E-state index >= 15 is 0 Å². The lowest BCUT2D eigenvalue weighted by Crippen LogP contribution is -2.48. The maximum atomic E-state index is 13.1. The Hall–Kier alpha value is -3.61. The lowest BCUT2D eigenvalue weighted by Gasteiger charge is -2.36. The molecule has 0 aliphatic carbocycles. The Morgan fingerprint density at radius 1 is 1.10 bits per heavy atom. The number of ether oxygens (including phenoxy) is 1. The molecule has 31 heavy (non-hydrogen) atoms. The summed E-state index contributed by atoms with van der Waals surface area (Å²) in [5.74, 6) is 1.00. The number of nitrogens with one attached hydrogen (secondary N) is 1. The van der Waals surface area contributed by atoms with Gasteiger partial charge in [0.2, 0.25) is 0 Å². The maximum Gasteiger partial charge on any atom is 0.143 e. The third kappa shape index (κ3) is 4.77. The lowest BCUT2D eigenvalue weighted by atomic mass is 10.1. The minimum Gasteiger partial charge on any atom is -0.495 e. The fourth-order valence-corrected chi connectivity index (χ4v) is 3.70. The summed E-state index contributed by atoms with van der Waals surface area (Å²) in [5, 5.41) is 8.44. The zero-order valence-corrected chi connectivity index (χ0v) is 17.8. The third-order valence-electron chi connectivity index (χ3n) is 5.44. The van der Waals surface area contributed by atoms with Gasteiger partial charge in [0, 0.05) is 38.1 Å². The van der Waals surface area contributed by atoms with Gasteiger partial charge in [0.15, 0.2) is 0 Å². The van der Waals surface area contributed by atoms with E-state index in [4.69, 9.17) is 10.1 Å². The van der Waals surface area contributed by atoms with E-state index < -0.39 is 0 Å². The van der Waals surface area contributed by atoms with Crippen molar-refractivity contribution in [3.8, 4) is 11.4 Å². The summed E-state index contributed by atoms with van der Waals surface area (Å²) >= 11 is 0. The summed E-state index contributed by atoms with van der Waals surface area (Å²) in [6.45, 7) is 5.06. The van der Waals surface area contributed by atoms with Gasteiger partial charge in [-0.1, -0.05) is 12.1 Å². The van der Waals surface area contributed by atoms with Gasteiger partial charge in [-0.15, -0.1) is 0 Å². The predicted octanol–water partition coefficient (Wildman–Crippen LogP) is 4.14. The molecule has 1 aromatic heterocycles. The Morgan fingerprint density at radius 2 is 1.84 bits per heavy atom. The number of amidine groups is 1. The highest BCUT2D eigenvalue weighted by Crippen LogP contribution is 2.25. The molecule has 2 heterocycles. The van der Waals surface area contributed by atoms with Gasteiger partial charge in [0.05, 0.1) is 24.8 Å². The van der Waals surface area contributed by atoms with Crippen LogP contribution in [0, 0.1) is 18.2 Å². The lowest BCUT2D eigenvalue weighted by molar-refractivity contribution is 0.385. The Balaban J connectivity index is 1.38. The summed E-state index contributed by atoms with van der Waals surface area (Å²) in [6.07, 6.45) is 7.47. The molecular weight excluding hydrogens is 393 g/mol. The molecule has 1 fully saturated rings. The molecule has 1 saturated heterocycles. The fourth-order valence-electron chi connectivity index (χ4n) is 3.70. The van der Waals surface area contributed by atoms with Crippen molar-refractivity contribution < 1.29 is 9.13 Å². The standard InChI is InChI=1S/C24H26FN5O/c1-18-16-30(17-27-18)22-9-3-19(15-23(22)31-2)4-10-24(26)29-13-11-28(12-14-29)21-7-5-20(25)6-8-21/h3-10,15-17,26H,11-14H2,1-2H3/b10-4+,26-24?. The van der Waals surface area contributed by atoms with Crippen LogP contribution in [0.15, 0.2) is 61.1 Å². The van der Waals surface area contributed by atoms with Crippen LogP contribution in [-0.2, 0) is 0 Å². The number of halogens is 1. The minimum atomic E-state index is -0.223. The van der Waals surface area contributed by atoms with Gasteiger partial charge < -0.3 is 19.1 Å². The predicted molar refractivity (Wildman–Crippen MR) is 122 cm³/mol. The quantitative estimate of drug-likeness (QED) is 0.499. The minimum absolute atomic E-state index is 0.223. The highest BCUT2D eigenvalue weighted by molar-refractivity contribution is 5.94. The molecule has 0 bridgehead atoms. The first-order valence-electron chi connectivity index (χ1n) is 10.2. The first kappa shape index (κ1) is 20.7. The van der Waals surface area contributed by atoms with Crippen LogP contribution in [0.1, 0.15) is 11.3 Å². The number of aromatic nitrogens is 2. The summed E-state index contributed by atoms with van der Waals surface area (Å²) < 4.78 is 20.6. The van der Waals surface area contributed by atoms with Gasteiger partial charge in [-0.3, -0.25) is 5.41 Å². The van der Waals surface area contributed by atoms with Crippen molar-refractivity contribution in [1.82, 2.24) is 14.5 Å². The van der Waals surface area contributed by atoms with E-state index in [0.29, 0.717) is 5.84 Å². The summed E-state index contributed by atoms with van der Waals surface area (Å²) in [4.78, 5) is 8.54. The Morgan fingerprint density at radius 3 is 2.48 bits per heavy atom. The molecule has 1 N–H and O–H groups in total. The molecule has 1 aliphatic rings. The van der Waals surface area contributed by atoms with Crippen LogP contribution >= 0.6 is 0 Å². The van der Waals surface area contributed by atoms with E-state index in [1.807, 2.05) is 48.0 Å². The summed E-state index contributed by atoms with van der Waals surface area (Å²) in [7, 11) is 1.65. The van der Waals surface area contributed by atoms with Crippen LogP contribution in [-0.4, -0.2) is 53.6 Å². The van der Waals surface area contributed by atoms with Crippen LogP contribution in [0.3, 0.4) is 0 Å². The number of methoxy groups -OCH3 is 1. The van der Waals surface area contributed by atoms with E-state index in [-0.39, 0.29) is 5.82 Å². The molecule has 2 aromatic carbocycles. The van der Waals surface area contributed by atoms with Gasteiger partial charge in [-0.25, -0.2) is 9.37 Å². The maximum absolute atomic E-state index is 13.1. The van der Waals surface area contributed by atoms with Gasteiger partial charge in [-0.05, 0) is 55.0 Å². The smallest absolute Gasteiger partial charge is 0.143 e. The Labute approximate surface area is 181 Å². The van der Waals surface area contributed by atoms with Crippen LogP contribution in [0.5, 0.6) is 5.75 Å². The number of hydrogen-bond acceptors (Lipinski definition) is 4. The number of nitrogens with zero attached hydrogens (tertiary/aromatic N) is 4. The second-order valence-electron chi connectivity index (χ2n) is 7.52. The van der Waals surface area contributed by atoms with Crippen LogP contribution in [0.2, 0.25) is 0 Å². The van der Waals surface area contributed by atoms with E-state index in [1.165, 1.54) is 12.1 Å². The van der Waals surface area contributed by atoms with E-state index in [2.05, 4.69) is 14.8 Å².